The molecule has 3 rings (SSSR count). The predicted molar refractivity (Wildman–Crippen MR) is 94.7 cm³/mol. The Morgan fingerprint density at radius 3 is 2.50 bits per heavy atom. The Bertz CT molecular complexity index is 956. The zero-order valence-corrected chi connectivity index (χ0v) is 14.6. The molecule has 0 saturated carbocycles. The molecular weight excluding hydrogens is 336 g/mol. The third kappa shape index (κ3) is 2.67. The number of halogens is 1. The van der Waals surface area contributed by atoms with Crippen LogP contribution in [-0.4, -0.2) is 14.7 Å². The maximum Gasteiger partial charge on any atom is 0.185 e. The van der Waals surface area contributed by atoms with Gasteiger partial charge in [-0.05, 0) is 35.7 Å². The first-order valence-corrected chi connectivity index (χ1v) is 10.0. The summed E-state index contributed by atoms with van der Waals surface area (Å²) in [7, 11) is -3.29. The molecule has 0 spiro atoms. The number of thiophene rings is 1. The average Bonchev–Trinajstić information content (AvgIpc) is 2.86. The highest BCUT2D eigenvalue weighted by Crippen LogP contribution is 2.43. The van der Waals surface area contributed by atoms with Gasteiger partial charge in [-0.15, -0.1) is 22.9 Å². The van der Waals surface area contributed by atoms with Gasteiger partial charge < -0.3 is 0 Å². The Morgan fingerprint density at radius 2 is 1.86 bits per heavy atom. The first-order chi connectivity index (χ1) is 10.4. The van der Waals surface area contributed by atoms with E-state index in [0.717, 1.165) is 32.3 Å². The molecule has 0 saturated heterocycles. The molecule has 0 aliphatic carbocycles. The van der Waals surface area contributed by atoms with Crippen molar-refractivity contribution in [3.8, 4) is 11.1 Å². The lowest BCUT2D eigenvalue weighted by Crippen LogP contribution is -1.96. The van der Waals surface area contributed by atoms with Gasteiger partial charge in [0.25, 0.3) is 0 Å². The molecule has 0 unspecified atom stereocenters. The van der Waals surface area contributed by atoms with Gasteiger partial charge >= 0.3 is 0 Å². The molecule has 0 radical (unpaired) electrons. The van der Waals surface area contributed by atoms with E-state index < -0.39 is 9.84 Å². The Balaban J connectivity index is 2.46. The van der Waals surface area contributed by atoms with Crippen LogP contribution in [0.25, 0.3) is 21.2 Å². The van der Waals surface area contributed by atoms with Gasteiger partial charge in [0, 0.05) is 27.8 Å². The van der Waals surface area contributed by atoms with Gasteiger partial charge in [0.05, 0.1) is 0 Å². The minimum atomic E-state index is -3.29. The third-order valence-corrected chi connectivity index (χ3v) is 6.94. The normalized spacial score (nSPS) is 12.0. The fraction of sp³-hybridized carbons (Fsp3) is 0.176. The molecule has 114 valence electrons. The van der Waals surface area contributed by atoms with E-state index in [0.29, 0.717) is 10.1 Å². The van der Waals surface area contributed by atoms with Crippen molar-refractivity contribution in [2.24, 2.45) is 0 Å². The van der Waals surface area contributed by atoms with E-state index >= 15 is 0 Å². The van der Waals surface area contributed by atoms with Crippen molar-refractivity contribution in [2.75, 3.05) is 6.26 Å². The monoisotopic (exact) mass is 350 g/mol. The van der Waals surface area contributed by atoms with Crippen molar-refractivity contribution in [2.45, 2.75) is 17.0 Å². The topological polar surface area (TPSA) is 34.1 Å². The van der Waals surface area contributed by atoms with E-state index in [1.165, 1.54) is 17.6 Å². The van der Waals surface area contributed by atoms with Crippen molar-refractivity contribution in [3.05, 3.63) is 53.6 Å². The Morgan fingerprint density at radius 1 is 1.14 bits per heavy atom. The summed E-state index contributed by atoms with van der Waals surface area (Å²) in [5.41, 5.74) is 3.80. The highest BCUT2D eigenvalue weighted by Gasteiger charge is 2.22. The highest BCUT2D eigenvalue weighted by atomic mass is 35.5. The number of benzene rings is 2. The van der Waals surface area contributed by atoms with Crippen molar-refractivity contribution < 1.29 is 8.42 Å². The van der Waals surface area contributed by atoms with Crippen molar-refractivity contribution in [1.29, 1.82) is 0 Å². The molecule has 0 aliphatic rings. The van der Waals surface area contributed by atoms with Crippen LogP contribution in [0.5, 0.6) is 0 Å². The molecule has 22 heavy (non-hydrogen) atoms. The quantitative estimate of drug-likeness (QED) is 0.621. The van der Waals surface area contributed by atoms with E-state index in [-0.39, 0.29) is 0 Å². The summed E-state index contributed by atoms with van der Waals surface area (Å²) in [5.74, 6) is 0.410. The average molecular weight is 351 g/mol. The van der Waals surface area contributed by atoms with Crippen LogP contribution in [0, 0.1) is 6.92 Å². The van der Waals surface area contributed by atoms with E-state index in [9.17, 15) is 8.42 Å². The molecule has 0 amide bonds. The summed E-state index contributed by atoms with van der Waals surface area (Å²) in [6.07, 6.45) is 1.27. The second-order valence-electron chi connectivity index (χ2n) is 5.32. The SMILES string of the molecule is Cc1ccccc1-c1c(S(C)(=O)=O)sc2ccc(CCl)cc12. The number of sulfone groups is 1. The lowest BCUT2D eigenvalue weighted by Gasteiger charge is -2.08. The van der Waals surface area contributed by atoms with E-state index in [1.807, 2.05) is 49.4 Å². The van der Waals surface area contributed by atoms with Crippen molar-refractivity contribution >= 4 is 42.9 Å². The number of aryl methyl sites for hydroxylation is 1. The molecule has 0 fully saturated rings. The van der Waals surface area contributed by atoms with Crippen LogP contribution in [0.1, 0.15) is 11.1 Å². The summed E-state index contributed by atoms with van der Waals surface area (Å²) in [4.78, 5) is 0. The lowest BCUT2D eigenvalue weighted by atomic mass is 9.99. The van der Waals surface area contributed by atoms with Crippen LogP contribution >= 0.6 is 22.9 Å². The molecule has 1 aromatic heterocycles. The van der Waals surface area contributed by atoms with Gasteiger partial charge in [0.2, 0.25) is 0 Å². The summed E-state index contributed by atoms with van der Waals surface area (Å²) in [5, 5.41) is 0.956. The lowest BCUT2D eigenvalue weighted by molar-refractivity contribution is 0.604. The van der Waals surface area contributed by atoms with E-state index in [4.69, 9.17) is 11.6 Å². The minimum Gasteiger partial charge on any atom is -0.223 e. The zero-order chi connectivity index (χ0) is 15.9. The molecule has 1 heterocycles. The maximum absolute atomic E-state index is 12.2. The molecule has 0 aliphatic heterocycles. The molecule has 5 heteroatoms. The maximum atomic E-state index is 12.2. The standard InChI is InChI=1S/C17H15ClO2S2/c1-11-5-3-4-6-13(11)16-14-9-12(10-18)7-8-15(14)21-17(16)22(2,19)20/h3-9H,10H2,1-2H3. The summed E-state index contributed by atoms with van der Waals surface area (Å²) in [6, 6.07) is 13.7. The second kappa shape index (κ2) is 5.69. The largest absolute Gasteiger partial charge is 0.223 e. The van der Waals surface area contributed by atoms with Gasteiger partial charge in [-0.1, -0.05) is 30.3 Å². The van der Waals surface area contributed by atoms with Crippen LogP contribution in [0.3, 0.4) is 0 Å². The molecule has 3 aromatic rings. The van der Waals surface area contributed by atoms with Crippen LogP contribution in [0.2, 0.25) is 0 Å². The molecule has 0 atom stereocenters. The van der Waals surface area contributed by atoms with Crippen molar-refractivity contribution in [1.82, 2.24) is 0 Å². The van der Waals surface area contributed by atoms with E-state index in [1.54, 1.807) is 0 Å². The fourth-order valence-electron chi connectivity index (χ4n) is 2.58. The third-order valence-electron chi connectivity index (χ3n) is 3.63. The van der Waals surface area contributed by atoms with Gasteiger partial charge in [0.15, 0.2) is 9.84 Å². The number of hydrogen-bond acceptors (Lipinski definition) is 3. The number of fused-ring (bicyclic) bond motifs is 1. The fourth-order valence-corrected chi connectivity index (χ4v) is 5.14. The molecule has 2 nitrogen and oxygen atoms in total. The summed E-state index contributed by atoms with van der Waals surface area (Å²) >= 11 is 7.26. The van der Waals surface area contributed by atoms with Crippen LogP contribution in [0.4, 0.5) is 0 Å². The smallest absolute Gasteiger partial charge is 0.185 e. The number of hydrogen-bond donors (Lipinski definition) is 0. The predicted octanol–water partition coefficient (Wildman–Crippen LogP) is 5.02. The molecule has 2 aromatic carbocycles. The molecular formula is C17H15ClO2S2. The summed E-state index contributed by atoms with van der Waals surface area (Å²) < 4.78 is 25.9. The second-order valence-corrected chi connectivity index (χ2v) is 8.85. The van der Waals surface area contributed by atoms with Crippen LogP contribution in [-0.2, 0) is 15.7 Å². The van der Waals surface area contributed by atoms with Gasteiger partial charge in [-0.2, -0.15) is 0 Å². The Hall–Kier alpha value is -1.36. The van der Waals surface area contributed by atoms with Gasteiger partial charge in [-0.25, -0.2) is 8.42 Å². The molecule has 0 bridgehead atoms. The molecule has 0 N–H and O–H groups in total. The van der Waals surface area contributed by atoms with Gasteiger partial charge in [-0.3, -0.25) is 0 Å². The number of alkyl halides is 1. The first kappa shape index (κ1) is 15.5. The van der Waals surface area contributed by atoms with Crippen molar-refractivity contribution in [3.63, 3.8) is 0 Å². The summed E-state index contributed by atoms with van der Waals surface area (Å²) in [6.45, 7) is 2.00. The zero-order valence-electron chi connectivity index (χ0n) is 12.3. The van der Waals surface area contributed by atoms with Gasteiger partial charge in [0.1, 0.15) is 4.21 Å². The van der Waals surface area contributed by atoms with Crippen LogP contribution in [0.15, 0.2) is 46.7 Å². The van der Waals surface area contributed by atoms with Crippen LogP contribution < -0.4 is 0 Å². The Kier molecular flexibility index (Phi) is 4.02. The first-order valence-electron chi connectivity index (χ1n) is 6.79. The minimum absolute atomic E-state index is 0.410. The van der Waals surface area contributed by atoms with E-state index in [2.05, 4.69) is 0 Å². The highest BCUT2D eigenvalue weighted by molar-refractivity contribution is 7.93. The number of rotatable bonds is 3. The Labute approximate surface area is 139 Å².